The van der Waals surface area contributed by atoms with Gasteiger partial charge in [0, 0.05) is 25.2 Å². The van der Waals surface area contributed by atoms with Gasteiger partial charge in [-0.1, -0.05) is 6.07 Å². The summed E-state index contributed by atoms with van der Waals surface area (Å²) in [7, 11) is 0. The molecule has 3 heteroatoms. The molecule has 0 aromatic heterocycles. The second kappa shape index (κ2) is 4.63. The molecular formula is C15H21FN2. The van der Waals surface area contributed by atoms with Gasteiger partial charge in [-0.2, -0.15) is 0 Å². The minimum absolute atomic E-state index is 0.157. The number of halogens is 1. The fraction of sp³-hybridized carbons (Fsp3) is 0.600. The summed E-state index contributed by atoms with van der Waals surface area (Å²) < 4.78 is 13.2. The Morgan fingerprint density at radius 2 is 2.28 bits per heavy atom. The number of hydrogen-bond acceptors (Lipinski definition) is 2. The van der Waals surface area contributed by atoms with Gasteiger partial charge in [-0.05, 0) is 55.4 Å². The first kappa shape index (κ1) is 12.1. The van der Waals surface area contributed by atoms with E-state index in [4.69, 9.17) is 5.73 Å². The van der Waals surface area contributed by atoms with E-state index in [9.17, 15) is 4.39 Å². The predicted octanol–water partition coefficient (Wildman–Crippen LogP) is 2.62. The summed E-state index contributed by atoms with van der Waals surface area (Å²) in [6, 6.07) is 6.05. The maximum atomic E-state index is 13.2. The smallest absolute Gasteiger partial charge is 0.123 e. The van der Waals surface area contributed by atoms with Crippen LogP contribution in [0, 0.1) is 18.7 Å². The summed E-state index contributed by atoms with van der Waals surface area (Å²) in [5, 5.41) is 0. The Morgan fingerprint density at radius 3 is 2.83 bits per heavy atom. The lowest BCUT2D eigenvalue weighted by Gasteiger charge is -2.35. The number of rotatable bonds is 3. The van der Waals surface area contributed by atoms with Crippen molar-refractivity contribution in [2.45, 2.75) is 38.3 Å². The number of benzene rings is 1. The highest BCUT2D eigenvalue weighted by Gasteiger charge is 2.41. The van der Waals surface area contributed by atoms with E-state index < -0.39 is 0 Å². The van der Waals surface area contributed by atoms with Gasteiger partial charge in [0.15, 0.2) is 0 Å². The molecule has 0 radical (unpaired) electrons. The zero-order valence-corrected chi connectivity index (χ0v) is 10.9. The van der Waals surface area contributed by atoms with Crippen LogP contribution >= 0.6 is 0 Å². The lowest BCUT2D eigenvalue weighted by Crippen LogP contribution is -2.39. The molecule has 1 aliphatic heterocycles. The highest BCUT2D eigenvalue weighted by molar-refractivity contribution is 5.30. The molecule has 0 spiro atoms. The molecule has 2 fully saturated rings. The van der Waals surface area contributed by atoms with Crippen molar-refractivity contribution in [3.63, 3.8) is 0 Å². The number of fused-ring (bicyclic) bond motifs is 2. The van der Waals surface area contributed by atoms with Crippen molar-refractivity contribution in [2.75, 3.05) is 13.1 Å². The van der Waals surface area contributed by atoms with Crippen molar-refractivity contribution < 1.29 is 4.39 Å². The highest BCUT2D eigenvalue weighted by atomic mass is 19.1. The number of likely N-dealkylation sites (tertiary alicyclic amines) is 1. The van der Waals surface area contributed by atoms with Gasteiger partial charge < -0.3 is 5.73 Å². The molecule has 3 rings (SSSR count). The molecule has 18 heavy (non-hydrogen) atoms. The van der Waals surface area contributed by atoms with E-state index in [2.05, 4.69) is 4.90 Å². The maximum Gasteiger partial charge on any atom is 0.123 e. The van der Waals surface area contributed by atoms with Crippen LogP contribution in [0.4, 0.5) is 4.39 Å². The van der Waals surface area contributed by atoms with E-state index >= 15 is 0 Å². The van der Waals surface area contributed by atoms with Gasteiger partial charge in [-0.15, -0.1) is 0 Å². The molecule has 1 saturated heterocycles. The molecule has 1 aliphatic carbocycles. The van der Waals surface area contributed by atoms with Gasteiger partial charge in [0.05, 0.1) is 0 Å². The lowest BCUT2D eigenvalue weighted by atomic mass is 9.97. The minimum atomic E-state index is -0.157. The first-order valence-electron chi connectivity index (χ1n) is 6.91. The molecular weight excluding hydrogens is 227 g/mol. The topological polar surface area (TPSA) is 29.3 Å². The third kappa shape index (κ3) is 1.95. The van der Waals surface area contributed by atoms with Crippen LogP contribution in [-0.4, -0.2) is 24.0 Å². The van der Waals surface area contributed by atoms with Crippen molar-refractivity contribution in [3.8, 4) is 0 Å². The van der Waals surface area contributed by atoms with Crippen LogP contribution in [0.2, 0.25) is 0 Å². The summed E-state index contributed by atoms with van der Waals surface area (Å²) in [5.74, 6) is 0.708. The highest BCUT2D eigenvalue weighted by Crippen LogP contribution is 2.42. The standard InChI is InChI=1S/C15H21FN2/c1-10-6-12(16)3-5-14(10)15(8-17)18-9-11-2-4-13(18)7-11/h3,5-6,11,13,15H,2,4,7-9,17H2,1H3. The van der Waals surface area contributed by atoms with Gasteiger partial charge in [-0.3, -0.25) is 4.90 Å². The van der Waals surface area contributed by atoms with Crippen molar-refractivity contribution in [3.05, 3.63) is 35.1 Å². The molecule has 1 heterocycles. The maximum absolute atomic E-state index is 13.2. The van der Waals surface area contributed by atoms with Crippen LogP contribution in [0.3, 0.4) is 0 Å². The summed E-state index contributed by atoms with van der Waals surface area (Å²) >= 11 is 0. The number of hydrogen-bond donors (Lipinski definition) is 1. The minimum Gasteiger partial charge on any atom is -0.329 e. The summed E-state index contributed by atoms with van der Waals surface area (Å²) in [5.41, 5.74) is 8.21. The quantitative estimate of drug-likeness (QED) is 0.891. The third-order valence-corrected chi connectivity index (χ3v) is 4.67. The Hall–Kier alpha value is -0.930. The van der Waals surface area contributed by atoms with E-state index in [1.54, 1.807) is 12.1 Å². The molecule has 2 N–H and O–H groups in total. The Labute approximate surface area is 108 Å². The number of nitrogens with two attached hydrogens (primary N) is 1. The molecule has 0 amide bonds. The Bertz CT molecular complexity index is 446. The summed E-state index contributed by atoms with van der Waals surface area (Å²) in [6.45, 7) is 3.77. The van der Waals surface area contributed by atoms with Crippen LogP contribution in [0.1, 0.15) is 36.4 Å². The summed E-state index contributed by atoms with van der Waals surface area (Å²) in [6.07, 6.45) is 4.01. The molecule has 3 atom stereocenters. The third-order valence-electron chi connectivity index (χ3n) is 4.67. The van der Waals surface area contributed by atoms with Crippen LogP contribution in [-0.2, 0) is 0 Å². The Kier molecular flexibility index (Phi) is 3.12. The monoisotopic (exact) mass is 248 g/mol. The number of piperidine rings is 1. The van der Waals surface area contributed by atoms with E-state index in [-0.39, 0.29) is 11.9 Å². The van der Waals surface area contributed by atoms with E-state index in [1.165, 1.54) is 31.4 Å². The van der Waals surface area contributed by atoms with Gasteiger partial charge >= 0.3 is 0 Å². The number of aryl methyl sites for hydroxylation is 1. The van der Waals surface area contributed by atoms with E-state index in [1.807, 2.05) is 13.0 Å². The molecule has 2 nitrogen and oxygen atoms in total. The van der Waals surface area contributed by atoms with Gasteiger partial charge in [0.2, 0.25) is 0 Å². The zero-order valence-electron chi connectivity index (χ0n) is 10.9. The first-order chi connectivity index (χ1) is 8.69. The van der Waals surface area contributed by atoms with Gasteiger partial charge in [0.1, 0.15) is 5.82 Å². The lowest BCUT2D eigenvalue weighted by molar-refractivity contribution is 0.152. The average molecular weight is 248 g/mol. The molecule has 3 unspecified atom stereocenters. The van der Waals surface area contributed by atoms with Crippen molar-refractivity contribution in [2.24, 2.45) is 11.7 Å². The molecule has 1 saturated carbocycles. The van der Waals surface area contributed by atoms with Crippen LogP contribution in [0.25, 0.3) is 0 Å². The second-order valence-corrected chi connectivity index (χ2v) is 5.78. The largest absolute Gasteiger partial charge is 0.329 e. The van der Waals surface area contributed by atoms with Crippen molar-refractivity contribution in [1.82, 2.24) is 4.90 Å². The Morgan fingerprint density at radius 1 is 1.44 bits per heavy atom. The first-order valence-corrected chi connectivity index (χ1v) is 6.91. The number of nitrogens with zero attached hydrogens (tertiary/aromatic N) is 1. The molecule has 1 aromatic rings. The average Bonchev–Trinajstić information content (AvgIpc) is 2.95. The summed E-state index contributed by atoms with van der Waals surface area (Å²) in [4.78, 5) is 2.55. The molecule has 2 aliphatic rings. The fourth-order valence-corrected chi connectivity index (χ4v) is 3.80. The normalized spacial score (nSPS) is 28.8. The predicted molar refractivity (Wildman–Crippen MR) is 70.8 cm³/mol. The van der Waals surface area contributed by atoms with Crippen molar-refractivity contribution >= 4 is 0 Å². The molecule has 2 bridgehead atoms. The van der Waals surface area contributed by atoms with Crippen molar-refractivity contribution in [1.29, 1.82) is 0 Å². The van der Waals surface area contributed by atoms with E-state index in [0.29, 0.717) is 12.6 Å². The Balaban J connectivity index is 1.88. The zero-order chi connectivity index (χ0) is 12.7. The van der Waals surface area contributed by atoms with Crippen LogP contribution < -0.4 is 5.73 Å². The van der Waals surface area contributed by atoms with E-state index in [0.717, 1.165) is 11.5 Å². The molecule has 1 aromatic carbocycles. The van der Waals surface area contributed by atoms with Crippen LogP contribution in [0.5, 0.6) is 0 Å². The van der Waals surface area contributed by atoms with Crippen LogP contribution in [0.15, 0.2) is 18.2 Å². The van der Waals surface area contributed by atoms with Gasteiger partial charge in [0.25, 0.3) is 0 Å². The molecule has 98 valence electrons. The van der Waals surface area contributed by atoms with Gasteiger partial charge in [-0.25, -0.2) is 4.39 Å². The SMILES string of the molecule is Cc1cc(F)ccc1C(CN)N1CC2CCC1C2. The fourth-order valence-electron chi connectivity index (χ4n) is 3.80. The second-order valence-electron chi connectivity index (χ2n) is 5.78.